The smallest absolute Gasteiger partial charge is 0.124 e. The molecule has 0 saturated carbocycles. The summed E-state index contributed by atoms with van der Waals surface area (Å²) in [5, 5.41) is 2.96. The number of hydrogen-bond donors (Lipinski definition) is 0. The van der Waals surface area contributed by atoms with Crippen molar-refractivity contribution < 1.29 is 33.0 Å². The molecular weight excluding hydrogens is 704 g/mol. The van der Waals surface area contributed by atoms with Crippen molar-refractivity contribution in [3.63, 3.8) is 0 Å². The van der Waals surface area contributed by atoms with E-state index in [1.165, 1.54) is 28.9 Å². The van der Waals surface area contributed by atoms with E-state index in [1.54, 1.807) is 24.4 Å². The monoisotopic (exact) mass is 740 g/mol. The summed E-state index contributed by atoms with van der Waals surface area (Å²) in [7, 11) is -1.34. The van der Waals surface area contributed by atoms with Gasteiger partial charge >= 0.3 is 0 Å². The molecule has 6 rings (SSSR count). The number of benzene rings is 3. The minimum atomic E-state index is -2.08. The molecule has 6 aromatic rings. The Hall–Kier alpha value is -3.44. The number of halogens is 1. The van der Waals surface area contributed by atoms with Crippen LogP contribution in [0.1, 0.15) is 35.0 Å². The molecule has 0 aliphatic heterocycles. The molecule has 0 atom stereocenters. The second kappa shape index (κ2) is 12.6. The molecule has 0 saturated heterocycles. The first-order valence-electron chi connectivity index (χ1n) is 14.8. The van der Waals surface area contributed by atoms with Crippen LogP contribution in [0.15, 0.2) is 89.6 Å². The van der Waals surface area contributed by atoms with Crippen LogP contribution in [0.2, 0.25) is 19.6 Å². The van der Waals surface area contributed by atoms with E-state index < -0.39 is 14.9 Å². The largest absolute Gasteiger partial charge is 0.501 e. The van der Waals surface area contributed by atoms with Crippen molar-refractivity contribution in [2.75, 3.05) is 0 Å². The zero-order valence-corrected chi connectivity index (χ0v) is 27.1. The Kier molecular flexibility index (Phi) is 8.13. The van der Waals surface area contributed by atoms with Crippen LogP contribution in [0.5, 0.6) is 0 Å². The number of pyridine rings is 2. The summed E-state index contributed by atoms with van der Waals surface area (Å²) in [4.78, 5) is 8.93. The maximum Gasteiger partial charge on any atom is 0.124 e. The average molecular weight is 740 g/mol. The third-order valence-corrected chi connectivity index (χ3v) is 8.85. The summed E-state index contributed by atoms with van der Waals surface area (Å²) < 4.78 is 41.5. The van der Waals surface area contributed by atoms with E-state index in [0.29, 0.717) is 22.6 Å². The van der Waals surface area contributed by atoms with E-state index in [-0.39, 0.29) is 25.9 Å². The number of fused-ring (bicyclic) bond motifs is 3. The van der Waals surface area contributed by atoms with Crippen LogP contribution in [0, 0.1) is 24.8 Å². The molecule has 41 heavy (non-hydrogen) atoms. The zero-order chi connectivity index (χ0) is 30.9. The number of furan rings is 1. The van der Waals surface area contributed by atoms with E-state index in [1.807, 2.05) is 30.5 Å². The van der Waals surface area contributed by atoms with Crippen LogP contribution in [0.25, 0.3) is 44.5 Å². The molecule has 0 bridgehead atoms. The molecule has 0 N–H and O–H groups in total. The number of aromatic nitrogens is 2. The number of hydrogen-bond acceptors (Lipinski definition) is 3. The van der Waals surface area contributed by atoms with Crippen molar-refractivity contribution in [1.29, 1.82) is 0 Å². The van der Waals surface area contributed by atoms with Crippen molar-refractivity contribution in [2.24, 2.45) is 0 Å². The Morgan fingerprint density at radius 3 is 2.39 bits per heavy atom. The van der Waals surface area contributed by atoms with Gasteiger partial charge in [0.15, 0.2) is 0 Å². The molecule has 0 fully saturated rings. The predicted molar refractivity (Wildman–Crippen MR) is 166 cm³/mol. The molecule has 0 spiro atoms. The third kappa shape index (κ3) is 6.90. The average Bonchev–Trinajstić information content (AvgIpc) is 3.35. The number of aryl methyl sites for hydroxylation is 1. The molecule has 6 heteroatoms. The molecule has 3 aromatic heterocycles. The quantitative estimate of drug-likeness (QED) is 0.134. The summed E-state index contributed by atoms with van der Waals surface area (Å²) in [5.74, 6) is 0.148. The van der Waals surface area contributed by atoms with Gasteiger partial charge in [0.2, 0.25) is 0 Å². The molecule has 0 amide bonds. The van der Waals surface area contributed by atoms with Gasteiger partial charge in [0, 0.05) is 42.0 Å². The van der Waals surface area contributed by atoms with Crippen LogP contribution < -0.4 is 5.19 Å². The zero-order valence-electron chi connectivity index (χ0n) is 26.7. The summed E-state index contributed by atoms with van der Waals surface area (Å²) >= 11 is 0. The molecule has 0 unspecified atom stereocenters. The van der Waals surface area contributed by atoms with Crippen LogP contribution in [-0.4, -0.2) is 18.0 Å². The predicted octanol–water partition coefficient (Wildman–Crippen LogP) is 9.11. The minimum Gasteiger partial charge on any atom is -0.501 e. The molecule has 0 aliphatic rings. The first-order valence-corrected chi connectivity index (χ1v) is 16.8. The maximum absolute atomic E-state index is 13.5. The Bertz CT molecular complexity index is 1820. The maximum atomic E-state index is 13.5. The molecule has 0 aliphatic carbocycles. The van der Waals surface area contributed by atoms with Crippen molar-refractivity contribution in [1.82, 2.24) is 9.97 Å². The summed E-state index contributed by atoms with van der Waals surface area (Å²) in [6.45, 7) is 9.05. The Morgan fingerprint density at radius 2 is 1.73 bits per heavy atom. The first-order chi connectivity index (χ1) is 20.3. The van der Waals surface area contributed by atoms with Crippen molar-refractivity contribution in [3.8, 4) is 22.5 Å². The van der Waals surface area contributed by atoms with Gasteiger partial charge in [0.1, 0.15) is 11.4 Å². The van der Waals surface area contributed by atoms with E-state index in [4.69, 9.17) is 8.53 Å². The molecular formula is C35H33FIrN2OSi-2. The van der Waals surface area contributed by atoms with Gasteiger partial charge in [-0.1, -0.05) is 75.1 Å². The Morgan fingerprint density at radius 1 is 0.902 bits per heavy atom. The third-order valence-electron chi connectivity index (χ3n) is 6.82. The van der Waals surface area contributed by atoms with Crippen LogP contribution in [0.3, 0.4) is 0 Å². The number of nitrogens with zero attached hydrogens (tertiary/aromatic N) is 2. The molecule has 3 heterocycles. The first kappa shape index (κ1) is 26.5. The van der Waals surface area contributed by atoms with Crippen molar-refractivity contribution in [2.45, 2.75) is 46.3 Å². The van der Waals surface area contributed by atoms with Crippen LogP contribution in [-0.2, 0) is 20.1 Å². The summed E-state index contributed by atoms with van der Waals surface area (Å²) in [6, 6.07) is 27.6. The SMILES string of the molecule is CC(C)c1ccnc(-c2[c-]ccc3c2oc2ccc(F)cc23)c1.[2H]C([2H])([2H])c1c[c-]c(-c2ccc([Si](C)(C)C)cn2)cc1.[Ir]. The van der Waals surface area contributed by atoms with Gasteiger partial charge in [0.05, 0.1) is 13.7 Å². The summed E-state index contributed by atoms with van der Waals surface area (Å²) in [6.07, 6.45) is 3.73. The normalized spacial score (nSPS) is 12.7. The van der Waals surface area contributed by atoms with Gasteiger partial charge in [-0.2, -0.15) is 0 Å². The molecule has 3 nitrogen and oxygen atoms in total. The fraction of sp³-hybridized carbons (Fsp3) is 0.200. The second-order valence-corrected chi connectivity index (χ2v) is 16.2. The minimum absolute atomic E-state index is 0. The molecule has 211 valence electrons. The number of rotatable bonds is 4. The van der Waals surface area contributed by atoms with Crippen molar-refractivity contribution >= 4 is 35.2 Å². The van der Waals surface area contributed by atoms with E-state index in [0.717, 1.165) is 33.3 Å². The van der Waals surface area contributed by atoms with Gasteiger partial charge in [-0.25, -0.2) is 4.39 Å². The van der Waals surface area contributed by atoms with Gasteiger partial charge in [-0.3, -0.25) is 0 Å². The van der Waals surface area contributed by atoms with E-state index in [2.05, 4.69) is 67.7 Å². The van der Waals surface area contributed by atoms with Crippen LogP contribution >= 0.6 is 0 Å². The summed E-state index contributed by atoms with van der Waals surface area (Å²) in [5.41, 5.74) is 6.15. The topological polar surface area (TPSA) is 38.9 Å². The van der Waals surface area contributed by atoms with E-state index in [9.17, 15) is 4.39 Å². The Labute approximate surface area is 260 Å². The molecule has 3 aromatic carbocycles. The fourth-order valence-corrected chi connectivity index (χ4v) is 5.46. The molecule has 1 radical (unpaired) electrons. The van der Waals surface area contributed by atoms with Crippen LogP contribution in [0.4, 0.5) is 4.39 Å². The van der Waals surface area contributed by atoms with Gasteiger partial charge < -0.3 is 14.4 Å². The van der Waals surface area contributed by atoms with Crippen molar-refractivity contribution in [3.05, 3.63) is 114 Å². The Balaban J connectivity index is 0.000000199. The van der Waals surface area contributed by atoms with Gasteiger partial charge in [0.25, 0.3) is 0 Å². The second-order valence-electron chi connectivity index (χ2n) is 11.1. The van der Waals surface area contributed by atoms with E-state index >= 15 is 0 Å². The van der Waals surface area contributed by atoms with Gasteiger partial charge in [-0.05, 0) is 46.8 Å². The van der Waals surface area contributed by atoms with Gasteiger partial charge in [-0.15, -0.1) is 53.6 Å². The fourth-order valence-electron chi connectivity index (χ4n) is 4.43. The standard InChI is InChI=1S/C20H15FNO.C15H18NSi.Ir/c1-12(2)13-8-9-22-18(10-13)16-5-3-4-15-17-11-14(21)6-7-19(17)23-20(15)16;1-12-5-7-13(8-6-12)15-10-9-14(11-16-15)17(2,3)4;/h3-4,6-12H,1-2H3;5-7,9-11H,1-4H3;/q2*-1;/i;1D3;.